The van der Waals surface area contributed by atoms with Gasteiger partial charge in [-0.15, -0.1) is 0 Å². The van der Waals surface area contributed by atoms with Crippen LogP contribution in [-0.4, -0.2) is 32.8 Å². The minimum Gasteiger partial charge on any atom is -0.354 e. The predicted molar refractivity (Wildman–Crippen MR) is 108 cm³/mol. The fraction of sp³-hybridized carbons (Fsp3) is 0.789. The van der Waals surface area contributed by atoms with Gasteiger partial charge in [-0.2, -0.15) is 8.78 Å². The molecule has 8 nitrogen and oxygen atoms in total. The lowest BCUT2D eigenvalue weighted by Gasteiger charge is -2.27. The number of nitrogens with one attached hydrogen (secondary N) is 1. The van der Waals surface area contributed by atoms with Gasteiger partial charge in [-0.1, -0.05) is 33.1 Å². The summed E-state index contributed by atoms with van der Waals surface area (Å²) in [5.74, 6) is -0.677. The van der Waals surface area contributed by atoms with Crippen molar-refractivity contribution >= 4 is 7.60 Å². The molecule has 30 heavy (non-hydrogen) atoms. The number of unbranched alkanes of at least 4 members (excludes halogenated alkanes) is 2. The van der Waals surface area contributed by atoms with E-state index in [1.807, 2.05) is 6.92 Å². The van der Waals surface area contributed by atoms with Gasteiger partial charge in [-0.05, 0) is 26.2 Å². The number of H-pyrrole nitrogens is 1. The summed E-state index contributed by atoms with van der Waals surface area (Å²) in [5, 5.41) is 0. The molecule has 1 aromatic heterocycles. The van der Waals surface area contributed by atoms with E-state index < -0.39 is 43.3 Å². The van der Waals surface area contributed by atoms with E-state index in [2.05, 4.69) is 9.51 Å². The van der Waals surface area contributed by atoms with E-state index in [9.17, 15) is 27.8 Å². The fourth-order valence-electron chi connectivity index (χ4n) is 3.95. The lowest BCUT2D eigenvalue weighted by molar-refractivity contribution is -0.0611. The van der Waals surface area contributed by atoms with Crippen LogP contribution < -0.4 is 11.2 Å². The third-order valence-electron chi connectivity index (χ3n) is 5.64. The predicted octanol–water partition coefficient (Wildman–Crippen LogP) is 3.78. The second-order valence-electron chi connectivity index (χ2n) is 7.87. The molecule has 1 saturated heterocycles. The maximum Gasteiger partial charge on any atom is 0.397 e. The molecule has 0 bridgehead atoms. The van der Waals surface area contributed by atoms with Crippen molar-refractivity contribution in [2.24, 2.45) is 11.8 Å². The number of hydrogen-bond acceptors (Lipinski definition) is 5. The van der Waals surface area contributed by atoms with E-state index in [0.717, 1.165) is 19.3 Å². The summed E-state index contributed by atoms with van der Waals surface area (Å²) in [4.78, 5) is 35.9. The Morgan fingerprint density at radius 2 is 2.00 bits per heavy atom. The van der Waals surface area contributed by atoms with Crippen LogP contribution in [0.2, 0.25) is 0 Å². The number of nitrogens with zero attached hydrogens (tertiary/aromatic N) is 1. The molecular weight excluding hydrogens is 421 g/mol. The highest BCUT2D eigenvalue weighted by Gasteiger charge is 2.56. The number of alkyl halides is 2. The first-order chi connectivity index (χ1) is 13.9. The van der Waals surface area contributed by atoms with Crippen LogP contribution in [0, 0.1) is 18.8 Å². The highest BCUT2D eigenvalue weighted by atomic mass is 31.2. The van der Waals surface area contributed by atoms with Crippen LogP contribution in [-0.2, 0) is 13.8 Å². The Labute approximate surface area is 174 Å². The summed E-state index contributed by atoms with van der Waals surface area (Å²) < 4.78 is 52.7. The Morgan fingerprint density at radius 1 is 1.33 bits per heavy atom. The van der Waals surface area contributed by atoms with E-state index in [0.29, 0.717) is 6.42 Å². The molecule has 1 aromatic rings. The Bertz CT molecular complexity index is 887. The molecule has 5 unspecified atom stereocenters. The molecule has 1 fully saturated rings. The quantitative estimate of drug-likeness (QED) is 0.413. The molecule has 2 N–H and O–H groups in total. The standard InChI is InChI=1S/C19H31F2N2O6P/c1-5-7-8-9-14-13(4)17(23-11-12(3)16(24)22-18(23)25)29-15(14)10-19(20,21)30(26,27)28-6-2/h11,13-15,17H,5-10H2,1-4H3,(H,26,27)(H,22,24,25). The van der Waals surface area contributed by atoms with Crippen LogP contribution in [0.1, 0.15) is 64.7 Å². The summed E-state index contributed by atoms with van der Waals surface area (Å²) in [6.07, 6.45) is 1.66. The van der Waals surface area contributed by atoms with Crippen LogP contribution in [0.15, 0.2) is 15.8 Å². The summed E-state index contributed by atoms with van der Waals surface area (Å²) in [6, 6.07) is 0. The van der Waals surface area contributed by atoms with Gasteiger partial charge in [0.25, 0.3) is 5.56 Å². The number of hydrogen-bond donors (Lipinski definition) is 2. The number of rotatable bonds is 10. The molecule has 2 rings (SSSR count). The van der Waals surface area contributed by atoms with Crippen molar-refractivity contribution in [3.8, 4) is 0 Å². The molecule has 2 heterocycles. The van der Waals surface area contributed by atoms with Gasteiger partial charge >= 0.3 is 18.9 Å². The second-order valence-corrected chi connectivity index (χ2v) is 9.82. The molecule has 5 atom stereocenters. The van der Waals surface area contributed by atoms with Crippen molar-refractivity contribution in [3.63, 3.8) is 0 Å². The van der Waals surface area contributed by atoms with Crippen LogP contribution in [0.25, 0.3) is 0 Å². The maximum atomic E-state index is 14.6. The number of halogens is 2. The van der Waals surface area contributed by atoms with Gasteiger partial charge in [-0.3, -0.25) is 18.9 Å². The largest absolute Gasteiger partial charge is 0.397 e. The van der Waals surface area contributed by atoms with Gasteiger partial charge in [0.05, 0.1) is 19.1 Å². The highest BCUT2D eigenvalue weighted by molar-refractivity contribution is 7.54. The van der Waals surface area contributed by atoms with Crippen molar-refractivity contribution in [1.82, 2.24) is 9.55 Å². The monoisotopic (exact) mass is 452 g/mol. The molecule has 0 spiro atoms. The minimum atomic E-state index is -5.17. The third kappa shape index (κ3) is 5.28. The summed E-state index contributed by atoms with van der Waals surface area (Å²) >= 11 is 0. The molecule has 0 aliphatic carbocycles. The van der Waals surface area contributed by atoms with Crippen LogP contribution in [0.4, 0.5) is 8.78 Å². The average molecular weight is 452 g/mol. The van der Waals surface area contributed by atoms with E-state index in [1.165, 1.54) is 24.6 Å². The topological polar surface area (TPSA) is 111 Å². The summed E-state index contributed by atoms with van der Waals surface area (Å²) in [5.41, 5.74) is -4.92. The fourth-order valence-corrected chi connectivity index (χ4v) is 4.90. The Hall–Kier alpha value is -1.35. The SMILES string of the molecule is CCCCCC1C(CC(F)(F)P(=O)(O)OCC)OC(n2cc(C)c(=O)[nH]c2=O)C1C. The molecule has 1 aliphatic heterocycles. The number of aryl methyl sites for hydroxylation is 1. The number of aromatic amines is 1. The lowest BCUT2D eigenvalue weighted by Crippen LogP contribution is -2.35. The Kier molecular flexibility index (Phi) is 8.18. The highest BCUT2D eigenvalue weighted by Crippen LogP contribution is 2.61. The van der Waals surface area contributed by atoms with Crippen molar-refractivity contribution < 1.29 is 27.5 Å². The van der Waals surface area contributed by atoms with Crippen molar-refractivity contribution in [2.75, 3.05) is 6.61 Å². The van der Waals surface area contributed by atoms with Gasteiger partial charge in [0.15, 0.2) is 0 Å². The van der Waals surface area contributed by atoms with Gasteiger partial charge in [-0.25, -0.2) is 4.79 Å². The molecule has 172 valence electrons. The van der Waals surface area contributed by atoms with Crippen LogP contribution in [0.3, 0.4) is 0 Å². The van der Waals surface area contributed by atoms with Gasteiger partial charge in [0.1, 0.15) is 6.23 Å². The second kappa shape index (κ2) is 9.85. The zero-order valence-electron chi connectivity index (χ0n) is 17.8. The first-order valence-electron chi connectivity index (χ1n) is 10.3. The van der Waals surface area contributed by atoms with Gasteiger partial charge < -0.3 is 14.2 Å². The Morgan fingerprint density at radius 3 is 2.60 bits per heavy atom. The Balaban J connectivity index is 2.35. The molecule has 11 heteroatoms. The third-order valence-corrected chi connectivity index (χ3v) is 7.26. The maximum absolute atomic E-state index is 14.6. The molecule has 0 saturated carbocycles. The van der Waals surface area contributed by atoms with E-state index in [1.54, 1.807) is 6.92 Å². The van der Waals surface area contributed by atoms with Crippen molar-refractivity contribution in [3.05, 3.63) is 32.6 Å². The van der Waals surface area contributed by atoms with Gasteiger partial charge in [0, 0.05) is 17.7 Å². The summed E-state index contributed by atoms with van der Waals surface area (Å²) in [6.45, 7) is 6.40. The number of aromatic nitrogens is 2. The molecule has 1 aliphatic rings. The molecule has 0 radical (unpaired) electrons. The van der Waals surface area contributed by atoms with E-state index in [-0.39, 0.29) is 24.0 Å². The summed E-state index contributed by atoms with van der Waals surface area (Å²) in [7, 11) is -5.17. The zero-order chi connectivity index (χ0) is 22.7. The van der Waals surface area contributed by atoms with Crippen LogP contribution >= 0.6 is 7.60 Å². The van der Waals surface area contributed by atoms with E-state index in [4.69, 9.17) is 4.74 Å². The molecular formula is C19H31F2N2O6P. The van der Waals surface area contributed by atoms with E-state index >= 15 is 0 Å². The lowest BCUT2D eigenvalue weighted by atomic mass is 9.85. The molecule has 0 amide bonds. The minimum absolute atomic E-state index is 0.290. The molecule has 0 aromatic carbocycles. The van der Waals surface area contributed by atoms with Crippen molar-refractivity contribution in [2.45, 2.75) is 77.8 Å². The average Bonchev–Trinajstić information content (AvgIpc) is 2.93. The van der Waals surface area contributed by atoms with Crippen LogP contribution in [0.5, 0.6) is 0 Å². The van der Waals surface area contributed by atoms with Crippen molar-refractivity contribution in [1.29, 1.82) is 0 Å². The first-order valence-corrected chi connectivity index (χ1v) is 11.9. The smallest absolute Gasteiger partial charge is 0.354 e. The normalized spacial score (nSPS) is 26.6. The first kappa shape index (κ1) is 24.9. The van der Waals surface area contributed by atoms with Gasteiger partial charge in [0.2, 0.25) is 0 Å². The number of ether oxygens (including phenoxy) is 1. The zero-order valence-corrected chi connectivity index (χ0v) is 18.7.